The number of benzene rings is 1. The highest BCUT2D eigenvalue weighted by Crippen LogP contribution is 2.19. The lowest BCUT2D eigenvalue weighted by atomic mass is 10.2. The molecule has 0 saturated carbocycles. The van der Waals surface area contributed by atoms with Crippen molar-refractivity contribution in [1.29, 1.82) is 0 Å². The van der Waals surface area contributed by atoms with Crippen LogP contribution in [-0.2, 0) is 0 Å². The van der Waals surface area contributed by atoms with Gasteiger partial charge in [0.15, 0.2) is 0 Å². The first kappa shape index (κ1) is 8.49. The average Bonchev–Trinajstić information content (AvgIpc) is 2.66. The largest absolute Gasteiger partial charge is 0.347 e. The summed E-state index contributed by atoms with van der Waals surface area (Å²) in [7, 11) is 0. The molecule has 2 heterocycles. The van der Waals surface area contributed by atoms with Crippen LogP contribution in [0.2, 0.25) is 5.02 Å². The number of fused-ring (bicyclic) bond motifs is 3. The molecule has 3 aromatic rings. The van der Waals surface area contributed by atoms with E-state index in [-0.39, 0.29) is 5.69 Å². The Hall–Kier alpha value is -1.81. The Labute approximate surface area is 89.1 Å². The zero-order valence-electron chi connectivity index (χ0n) is 7.57. The molecule has 0 aliphatic carbocycles. The molecule has 0 unspecified atom stereocenters. The molecule has 1 aromatic carbocycles. The van der Waals surface area contributed by atoms with E-state index in [1.54, 1.807) is 24.4 Å². The Morgan fingerprint density at radius 1 is 1.33 bits per heavy atom. The summed E-state index contributed by atoms with van der Waals surface area (Å²) in [5, 5.41) is 5.46. The Bertz CT molecular complexity index is 713. The van der Waals surface area contributed by atoms with E-state index in [1.807, 2.05) is 6.07 Å². The Morgan fingerprint density at radius 2 is 2.20 bits per heavy atom. The van der Waals surface area contributed by atoms with Gasteiger partial charge in [-0.1, -0.05) is 11.6 Å². The van der Waals surface area contributed by atoms with Crippen LogP contribution in [0.1, 0.15) is 0 Å². The first-order chi connectivity index (χ1) is 7.25. The van der Waals surface area contributed by atoms with E-state index < -0.39 is 0 Å². The quantitative estimate of drug-likeness (QED) is 0.627. The van der Waals surface area contributed by atoms with Gasteiger partial charge in [-0.05, 0) is 24.3 Å². The minimum Gasteiger partial charge on any atom is -0.305 e. The number of hydrogen-bond donors (Lipinski definition) is 1. The molecule has 0 aliphatic rings. The Morgan fingerprint density at radius 3 is 3.07 bits per heavy atom. The summed E-state index contributed by atoms with van der Waals surface area (Å²) in [6.07, 6.45) is 1.60. The van der Waals surface area contributed by atoms with Gasteiger partial charge < -0.3 is 4.98 Å². The number of aromatic amines is 1. The molecule has 0 spiro atoms. The van der Waals surface area contributed by atoms with Crippen molar-refractivity contribution in [2.75, 3.05) is 0 Å². The molecule has 2 aromatic heterocycles. The third kappa shape index (κ3) is 1.15. The summed E-state index contributed by atoms with van der Waals surface area (Å²) in [5.74, 6) is 0. The van der Waals surface area contributed by atoms with Gasteiger partial charge >= 0.3 is 5.69 Å². The number of rotatable bonds is 0. The second-order valence-corrected chi connectivity index (χ2v) is 3.68. The van der Waals surface area contributed by atoms with Crippen molar-refractivity contribution >= 4 is 28.0 Å². The third-order valence-corrected chi connectivity index (χ3v) is 2.57. The van der Waals surface area contributed by atoms with Gasteiger partial charge in [-0.2, -0.15) is 9.61 Å². The lowest BCUT2D eigenvalue weighted by Crippen LogP contribution is -2.16. The first-order valence-corrected chi connectivity index (χ1v) is 4.79. The van der Waals surface area contributed by atoms with E-state index in [9.17, 15) is 4.79 Å². The fourth-order valence-electron chi connectivity index (χ4n) is 1.68. The molecule has 0 fully saturated rings. The molecule has 0 aliphatic heterocycles. The Balaban J connectivity index is 2.66. The maximum absolute atomic E-state index is 11.6. The van der Waals surface area contributed by atoms with Crippen molar-refractivity contribution in [2.45, 2.75) is 0 Å². The second-order valence-electron chi connectivity index (χ2n) is 3.25. The highest BCUT2D eigenvalue weighted by atomic mass is 35.5. The molecule has 15 heavy (non-hydrogen) atoms. The number of H-pyrrole nitrogens is 1. The van der Waals surface area contributed by atoms with Gasteiger partial charge in [0.25, 0.3) is 0 Å². The van der Waals surface area contributed by atoms with Crippen LogP contribution in [0.3, 0.4) is 0 Å². The number of nitrogens with zero attached hydrogens (tertiary/aromatic N) is 2. The van der Waals surface area contributed by atoms with Crippen molar-refractivity contribution in [1.82, 2.24) is 14.6 Å². The molecule has 0 bridgehead atoms. The van der Waals surface area contributed by atoms with Gasteiger partial charge in [0.1, 0.15) is 0 Å². The normalized spacial score (nSPS) is 11.3. The lowest BCUT2D eigenvalue weighted by molar-refractivity contribution is 0.881. The van der Waals surface area contributed by atoms with Crippen molar-refractivity contribution in [3.05, 3.63) is 46.0 Å². The highest BCUT2D eigenvalue weighted by molar-refractivity contribution is 6.31. The van der Waals surface area contributed by atoms with Gasteiger partial charge in [-0.15, -0.1) is 0 Å². The van der Waals surface area contributed by atoms with E-state index >= 15 is 0 Å². The number of nitrogens with one attached hydrogen (secondary N) is 1. The minimum absolute atomic E-state index is 0.259. The fraction of sp³-hybridized carbons (Fsp3) is 0. The summed E-state index contributed by atoms with van der Waals surface area (Å²) in [6.45, 7) is 0. The van der Waals surface area contributed by atoms with Crippen molar-refractivity contribution in [2.24, 2.45) is 0 Å². The standard InChI is InChI=1S/C10H6ClN3O/c11-6-1-2-7-8(5-6)13-10(15)14-9(7)3-4-12-14/h1-5H,(H,13,15). The number of aromatic nitrogens is 3. The molecule has 0 amide bonds. The molecule has 0 saturated heterocycles. The molecular weight excluding hydrogens is 214 g/mol. The van der Waals surface area contributed by atoms with E-state index in [4.69, 9.17) is 11.6 Å². The summed E-state index contributed by atoms with van der Waals surface area (Å²) in [4.78, 5) is 14.3. The summed E-state index contributed by atoms with van der Waals surface area (Å²) in [6, 6.07) is 7.18. The van der Waals surface area contributed by atoms with Crippen LogP contribution in [0.15, 0.2) is 35.3 Å². The molecular formula is C10H6ClN3O. The molecule has 3 rings (SSSR count). The zero-order valence-corrected chi connectivity index (χ0v) is 8.32. The zero-order chi connectivity index (χ0) is 10.4. The first-order valence-electron chi connectivity index (χ1n) is 4.41. The van der Waals surface area contributed by atoms with Gasteiger partial charge in [-0.3, -0.25) is 0 Å². The Kier molecular flexibility index (Phi) is 1.61. The van der Waals surface area contributed by atoms with Crippen LogP contribution >= 0.6 is 11.6 Å². The van der Waals surface area contributed by atoms with E-state index in [0.717, 1.165) is 16.4 Å². The van der Waals surface area contributed by atoms with Crippen molar-refractivity contribution < 1.29 is 0 Å². The molecule has 0 radical (unpaired) electrons. The van der Waals surface area contributed by atoms with Gasteiger partial charge in [-0.25, -0.2) is 4.79 Å². The van der Waals surface area contributed by atoms with Crippen LogP contribution in [0.25, 0.3) is 16.4 Å². The smallest absolute Gasteiger partial charge is 0.305 e. The second kappa shape index (κ2) is 2.84. The number of hydrogen-bond acceptors (Lipinski definition) is 2. The highest BCUT2D eigenvalue weighted by Gasteiger charge is 2.04. The van der Waals surface area contributed by atoms with E-state index in [1.165, 1.54) is 4.52 Å². The lowest BCUT2D eigenvalue weighted by Gasteiger charge is -2.00. The maximum atomic E-state index is 11.6. The van der Waals surface area contributed by atoms with Gasteiger partial charge in [0.05, 0.1) is 17.2 Å². The summed E-state index contributed by atoms with van der Waals surface area (Å²) < 4.78 is 1.33. The molecule has 5 heteroatoms. The van der Waals surface area contributed by atoms with E-state index in [0.29, 0.717) is 5.02 Å². The fourth-order valence-corrected chi connectivity index (χ4v) is 1.85. The summed E-state index contributed by atoms with van der Waals surface area (Å²) >= 11 is 5.85. The van der Waals surface area contributed by atoms with Crippen LogP contribution in [0.5, 0.6) is 0 Å². The van der Waals surface area contributed by atoms with Crippen LogP contribution < -0.4 is 5.69 Å². The van der Waals surface area contributed by atoms with Gasteiger partial charge in [0.2, 0.25) is 0 Å². The van der Waals surface area contributed by atoms with E-state index in [2.05, 4.69) is 10.1 Å². The average molecular weight is 220 g/mol. The molecule has 4 nitrogen and oxygen atoms in total. The van der Waals surface area contributed by atoms with Crippen LogP contribution in [-0.4, -0.2) is 14.6 Å². The predicted molar refractivity (Wildman–Crippen MR) is 58.3 cm³/mol. The van der Waals surface area contributed by atoms with Gasteiger partial charge in [0, 0.05) is 10.4 Å². The SMILES string of the molecule is O=c1[nH]c2cc(Cl)ccc2c2ccnn12. The third-order valence-electron chi connectivity index (χ3n) is 2.33. The molecule has 74 valence electrons. The molecule has 0 atom stereocenters. The van der Waals surface area contributed by atoms with Crippen LogP contribution in [0.4, 0.5) is 0 Å². The van der Waals surface area contributed by atoms with Crippen molar-refractivity contribution in [3.8, 4) is 0 Å². The summed E-state index contributed by atoms with van der Waals surface area (Å²) in [5.41, 5.74) is 1.25. The van der Waals surface area contributed by atoms with Crippen LogP contribution in [0, 0.1) is 0 Å². The molecule has 1 N–H and O–H groups in total. The minimum atomic E-state index is -0.259. The maximum Gasteiger partial charge on any atom is 0.347 e. The predicted octanol–water partition coefficient (Wildman–Crippen LogP) is 1.83. The van der Waals surface area contributed by atoms with Crippen molar-refractivity contribution in [3.63, 3.8) is 0 Å². The monoisotopic (exact) mass is 219 g/mol. The number of halogens is 1. The topological polar surface area (TPSA) is 50.2 Å².